The van der Waals surface area contributed by atoms with Crippen LogP contribution in [0, 0.1) is 17.8 Å². The SMILES string of the molecule is C[C@@H](O)[C@H]1C(=O)N2C(C(=O)O)=C(S[C@@H]3CN[C@H]([C@@H]4CNC(=O)C4)C3)[C@H](C)[C@H]12. The van der Waals surface area contributed by atoms with Gasteiger partial charge >= 0.3 is 5.97 Å². The van der Waals surface area contributed by atoms with E-state index in [2.05, 4.69) is 10.6 Å². The molecule has 0 unspecified atom stereocenters. The van der Waals surface area contributed by atoms with Crippen LogP contribution in [0.1, 0.15) is 26.7 Å². The number of carbonyl (C=O) groups excluding carboxylic acids is 2. The van der Waals surface area contributed by atoms with Crippen LogP contribution < -0.4 is 10.6 Å². The van der Waals surface area contributed by atoms with Gasteiger partial charge in [0, 0.05) is 47.5 Å². The second-order valence-corrected chi connectivity index (χ2v) is 9.37. The van der Waals surface area contributed by atoms with Crippen LogP contribution in [0.2, 0.25) is 0 Å². The van der Waals surface area contributed by atoms with Crippen molar-refractivity contribution in [2.75, 3.05) is 13.1 Å². The molecule has 0 aromatic rings. The maximum absolute atomic E-state index is 12.4. The molecule has 3 saturated heterocycles. The zero-order valence-corrected chi connectivity index (χ0v) is 16.2. The van der Waals surface area contributed by atoms with Crippen molar-refractivity contribution in [3.05, 3.63) is 10.6 Å². The molecule has 4 N–H and O–H groups in total. The fourth-order valence-corrected chi connectivity index (χ4v) is 6.45. The molecule has 9 heteroatoms. The molecule has 0 aromatic heterocycles. The Morgan fingerprint density at radius 3 is 2.67 bits per heavy atom. The summed E-state index contributed by atoms with van der Waals surface area (Å²) < 4.78 is 0. The van der Waals surface area contributed by atoms with Crippen LogP contribution in [0.4, 0.5) is 0 Å². The van der Waals surface area contributed by atoms with E-state index < -0.39 is 18.0 Å². The molecule has 148 valence electrons. The van der Waals surface area contributed by atoms with Crippen LogP contribution in [0.25, 0.3) is 0 Å². The number of nitrogens with one attached hydrogen (secondary N) is 2. The molecule has 3 fully saturated rings. The molecule has 0 aromatic carbocycles. The van der Waals surface area contributed by atoms with Gasteiger partial charge in [-0.15, -0.1) is 11.8 Å². The minimum Gasteiger partial charge on any atom is -0.477 e. The first-order valence-electron chi connectivity index (χ1n) is 9.45. The summed E-state index contributed by atoms with van der Waals surface area (Å²) in [5.74, 6) is -1.65. The van der Waals surface area contributed by atoms with Gasteiger partial charge in [0.25, 0.3) is 0 Å². The van der Waals surface area contributed by atoms with Crippen molar-refractivity contribution in [1.82, 2.24) is 15.5 Å². The zero-order chi connectivity index (χ0) is 19.5. The highest BCUT2D eigenvalue weighted by atomic mass is 32.2. The number of fused-ring (bicyclic) bond motifs is 1. The topological polar surface area (TPSA) is 119 Å². The standard InChI is InChI=1S/C18H25N3O5S/c1-7-14-13(8(2)22)17(24)21(14)15(18(25)26)16(7)27-10-4-11(19-6-10)9-3-12(23)20-5-9/h7-11,13-14,19,22H,3-6H2,1-2H3,(H,20,23)(H,25,26)/t7-,8-,9+,10+,11+,13-,14-/m1/s1. The molecule has 4 aliphatic heterocycles. The number of nitrogens with zero attached hydrogens (tertiary/aromatic N) is 1. The van der Waals surface area contributed by atoms with E-state index in [-0.39, 0.29) is 46.7 Å². The Labute approximate surface area is 161 Å². The number of aliphatic hydroxyl groups excluding tert-OH is 1. The summed E-state index contributed by atoms with van der Waals surface area (Å²) in [6.07, 6.45) is 0.617. The van der Waals surface area contributed by atoms with Crippen LogP contribution in [-0.2, 0) is 14.4 Å². The summed E-state index contributed by atoms with van der Waals surface area (Å²) in [6.45, 7) is 4.97. The maximum Gasteiger partial charge on any atom is 0.353 e. The van der Waals surface area contributed by atoms with Gasteiger partial charge in [0.1, 0.15) is 5.70 Å². The Kier molecular flexibility index (Phi) is 4.72. The molecular weight excluding hydrogens is 370 g/mol. The molecule has 0 saturated carbocycles. The number of aliphatic hydroxyl groups is 1. The van der Waals surface area contributed by atoms with E-state index in [1.54, 1.807) is 18.7 Å². The van der Waals surface area contributed by atoms with E-state index in [0.717, 1.165) is 17.9 Å². The van der Waals surface area contributed by atoms with Crippen molar-refractivity contribution in [3.63, 3.8) is 0 Å². The summed E-state index contributed by atoms with van der Waals surface area (Å²) in [7, 11) is 0. The van der Waals surface area contributed by atoms with E-state index in [4.69, 9.17) is 0 Å². The Bertz CT molecular complexity index is 724. The molecule has 0 spiro atoms. The lowest BCUT2D eigenvalue weighted by molar-refractivity contribution is -0.163. The number of thioether (sulfide) groups is 1. The van der Waals surface area contributed by atoms with Crippen LogP contribution in [-0.4, -0.2) is 69.4 Å². The molecule has 4 aliphatic rings. The molecule has 0 radical (unpaired) electrons. The molecular formula is C18H25N3O5S. The number of β-lactam (4-membered cyclic amide) rings is 1. The summed E-state index contributed by atoms with van der Waals surface area (Å²) in [4.78, 5) is 37.8. The Hall–Kier alpha value is -1.58. The van der Waals surface area contributed by atoms with Gasteiger partial charge in [-0.05, 0) is 13.3 Å². The van der Waals surface area contributed by atoms with Crippen LogP contribution in [0.15, 0.2) is 10.6 Å². The molecule has 4 heterocycles. The van der Waals surface area contributed by atoms with Gasteiger partial charge in [0.15, 0.2) is 0 Å². The summed E-state index contributed by atoms with van der Waals surface area (Å²) in [5, 5.41) is 26.2. The average molecular weight is 395 g/mol. The number of aliphatic carboxylic acids is 1. The van der Waals surface area contributed by atoms with E-state index >= 15 is 0 Å². The van der Waals surface area contributed by atoms with Gasteiger partial charge in [-0.25, -0.2) is 4.79 Å². The van der Waals surface area contributed by atoms with E-state index in [1.807, 2.05) is 6.92 Å². The van der Waals surface area contributed by atoms with E-state index in [1.165, 1.54) is 4.90 Å². The number of hydrogen-bond donors (Lipinski definition) is 4. The Balaban J connectivity index is 1.49. The minimum absolute atomic E-state index is 0.0839. The van der Waals surface area contributed by atoms with Crippen molar-refractivity contribution in [2.45, 2.75) is 50.1 Å². The molecule has 4 rings (SSSR count). The monoisotopic (exact) mass is 395 g/mol. The summed E-state index contributed by atoms with van der Waals surface area (Å²) in [6, 6.07) is -0.0242. The lowest BCUT2D eigenvalue weighted by Gasteiger charge is -2.46. The van der Waals surface area contributed by atoms with Crippen molar-refractivity contribution >= 4 is 29.5 Å². The fourth-order valence-electron chi connectivity index (χ4n) is 4.95. The van der Waals surface area contributed by atoms with Crippen molar-refractivity contribution < 1.29 is 24.6 Å². The molecule has 0 aliphatic carbocycles. The second kappa shape index (κ2) is 6.79. The van der Waals surface area contributed by atoms with Gasteiger partial charge in [-0.3, -0.25) is 9.59 Å². The van der Waals surface area contributed by atoms with Crippen LogP contribution >= 0.6 is 11.8 Å². The highest BCUT2D eigenvalue weighted by Crippen LogP contribution is 2.52. The number of carbonyl (C=O) groups is 3. The summed E-state index contributed by atoms with van der Waals surface area (Å²) in [5.41, 5.74) is 0.0839. The summed E-state index contributed by atoms with van der Waals surface area (Å²) >= 11 is 1.54. The average Bonchev–Trinajstić information content (AvgIpc) is 3.27. The first-order chi connectivity index (χ1) is 12.8. The molecule has 0 bridgehead atoms. The zero-order valence-electron chi connectivity index (χ0n) is 15.3. The highest BCUT2D eigenvalue weighted by molar-refractivity contribution is 8.03. The van der Waals surface area contributed by atoms with Crippen LogP contribution in [0.3, 0.4) is 0 Å². The molecule has 27 heavy (non-hydrogen) atoms. The molecule has 8 nitrogen and oxygen atoms in total. The van der Waals surface area contributed by atoms with E-state index in [9.17, 15) is 24.6 Å². The van der Waals surface area contributed by atoms with E-state index in [0.29, 0.717) is 13.0 Å². The molecule has 7 atom stereocenters. The largest absolute Gasteiger partial charge is 0.477 e. The lowest BCUT2D eigenvalue weighted by Crippen LogP contribution is -2.63. The second-order valence-electron chi connectivity index (χ2n) is 8.03. The number of hydrogen-bond acceptors (Lipinski definition) is 6. The lowest BCUT2D eigenvalue weighted by atomic mass is 9.79. The number of carboxylic acid groups (broad SMARTS) is 1. The maximum atomic E-state index is 12.4. The van der Waals surface area contributed by atoms with Gasteiger partial charge in [0.05, 0.1) is 18.1 Å². The first kappa shape index (κ1) is 18.8. The Morgan fingerprint density at radius 1 is 1.33 bits per heavy atom. The highest BCUT2D eigenvalue weighted by Gasteiger charge is 2.60. The predicted molar refractivity (Wildman–Crippen MR) is 98.5 cm³/mol. The van der Waals surface area contributed by atoms with Gasteiger partial charge in [-0.1, -0.05) is 6.92 Å². The number of carboxylic acids is 1. The smallest absolute Gasteiger partial charge is 0.353 e. The van der Waals surface area contributed by atoms with Gasteiger partial charge in [-0.2, -0.15) is 0 Å². The predicted octanol–water partition coefficient (Wildman–Crippen LogP) is -0.260. The molecule has 2 amide bonds. The first-order valence-corrected chi connectivity index (χ1v) is 10.3. The van der Waals surface area contributed by atoms with Crippen molar-refractivity contribution in [2.24, 2.45) is 17.8 Å². The quantitative estimate of drug-likeness (QED) is 0.474. The normalized spacial score (nSPS) is 39.4. The van der Waals surface area contributed by atoms with Gasteiger partial charge < -0.3 is 25.7 Å². The Morgan fingerprint density at radius 2 is 2.07 bits per heavy atom. The van der Waals surface area contributed by atoms with Crippen LogP contribution in [0.5, 0.6) is 0 Å². The van der Waals surface area contributed by atoms with Crippen molar-refractivity contribution in [1.29, 1.82) is 0 Å². The van der Waals surface area contributed by atoms with Gasteiger partial charge in [0.2, 0.25) is 11.8 Å². The third-order valence-electron chi connectivity index (χ3n) is 6.31. The fraction of sp³-hybridized carbons (Fsp3) is 0.722. The third-order valence-corrected chi connectivity index (χ3v) is 7.82. The third kappa shape index (κ3) is 2.96. The minimum atomic E-state index is -1.09. The number of rotatable bonds is 5. The number of amides is 2. The van der Waals surface area contributed by atoms with Crippen molar-refractivity contribution in [3.8, 4) is 0 Å².